The molecule has 3 nitrogen and oxygen atoms in total. The minimum atomic E-state index is -0.208. The molecule has 0 aliphatic carbocycles. The number of para-hydroxylation sites is 2. The van der Waals surface area contributed by atoms with Crippen LogP contribution in [0.15, 0.2) is 42.5 Å². The average Bonchev–Trinajstić information content (AvgIpc) is 2.69. The first kappa shape index (κ1) is 13.9. The molecule has 0 saturated heterocycles. The van der Waals surface area contributed by atoms with Gasteiger partial charge in [0.15, 0.2) is 0 Å². The van der Waals surface area contributed by atoms with E-state index in [1.165, 1.54) is 0 Å². The summed E-state index contributed by atoms with van der Waals surface area (Å²) in [4.78, 5) is 2.13. The van der Waals surface area contributed by atoms with Crippen molar-refractivity contribution in [1.29, 1.82) is 0 Å². The van der Waals surface area contributed by atoms with Gasteiger partial charge in [0.2, 0.25) is 0 Å². The predicted octanol–water partition coefficient (Wildman–Crippen LogP) is 3.47. The Labute approximate surface area is 124 Å². The summed E-state index contributed by atoms with van der Waals surface area (Å²) in [5, 5.41) is 3.06. The highest BCUT2D eigenvalue weighted by Crippen LogP contribution is 2.36. The van der Waals surface area contributed by atoms with Crippen LogP contribution in [0.2, 0.25) is 0 Å². The van der Waals surface area contributed by atoms with E-state index in [2.05, 4.69) is 10.2 Å². The van der Waals surface area contributed by atoms with Gasteiger partial charge in [-0.15, -0.1) is 0 Å². The van der Waals surface area contributed by atoms with Gasteiger partial charge in [0, 0.05) is 18.8 Å². The molecule has 0 unspecified atom stereocenters. The summed E-state index contributed by atoms with van der Waals surface area (Å²) in [6.45, 7) is 2.16. The van der Waals surface area contributed by atoms with Crippen molar-refractivity contribution in [3.63, 3.8) is 0 Å². The van der Waals surface area contributed by atoms with Crippen LogP contribution in [0.1, 0.15) is 12.0 Å². The molecule has 1 aliphatic heterocycles. The molecule has 1 heterocycles. The first-order chi connectivity index (χ1) is 10.3. The molecular formula is C17H19FN2O. The standard InChI is InChI=1S/C17H19FN2O/c1-19-12-13-9-14(18)11-15(10-13)20-7-4-8-21-17-6-3-2-5-16(17)20/h2-3,5-6,9-11,19H,4,7-8,12H2,1H3. The second-order valence-electron chi connectivity index (χ2n) is 5.17. The highest BCUT2D eigenvalue weighted by molar-refractivity contribution is 5.70. The van der Waals surface area contributed by atoms with Crippen LogP contribution >= 0.6 is 0 Å². The van der Waals surface area contributed by atoms with Gasteiger partial charge < -0.3 is 15.0 Å². The third-order valence-corrected chi connectivity index (χ3v) is 3.57. The maximum Gasteiger partial charge on any atom is 0.142 e. The second-order valence-corrected chi connectivity index (χ2v) is 5.17. The Morgan fingerprint density at radius 1 is 1.24 bits per heavy atom. The van der Waals surface area contributed by atoms with Crippen molar-refractivity contribution in [1.82, 2.24) is 5.32 Å². The number of anilines is 2. The number of fused-ring (bicyclic) bond motifs is 1. The molecule has 0 bridgehead atoms. The molecule has 0 aromatic heterocycles. The maximum atomic E-state index is 13.9. The van der Waals surface area contributed by atoms with Gasteiger partial charge in [0.25, 0.3) is 0 Å². The van der Waals surface area contributed by atoms with Gasteiger partial charge in [0.05, 0.1) is 12.3 Å². The smallest absolute Gasteiger partial charge is 0.142 e. The molecule has 4 heteroatoms. The molecule has 1 aliphatic rings. The molecule has 2 aromatic carbocycles. The number of benzene rings is 2. The van der Waals surface area contributed by atoms with E-state index in [0.717, 1.165) is 35.7 Å². The average molecular weight is 286 g/mol. The maximum absolute atomic E-state index is 13.9. The van der Waals surface area contributed by atoms with Crippen molar-refractivity contribution < 1.29 is 9.13 Å². The molecule has 2 aromatic rings. The van der Waals surface area contributed by atoms with Crippen molar-refractivity contribution in [2.75, 3.05) is 25.1 Å². The Morgan fingerprint density at radius 3 is 2.95 bits per heavy atom. The first-order valence-electron chi connectivity index (χ1n) is 7.21. The summed E-state index contributed by atoms with van der Waals surface area (Å²) in [6.07, 6.45) is 0.909. The number of hydrogen-bond donors (Lipinski definition) is 1. The topological polar surface area (TPSA) is 24.5 Å². The molecule has 110 valence electrons. The minimum absolute atomic E-state index is 0.208. The zero-order valence-corrected chi connectivity index (χ0v) is 12.1. The van der Waals surface area contributed by atoms with Crippen LogP contribution in [-0.2, 0) is 6.54 Å². The van der Waals surface area contributed by atoms with Gasteiger partial charge in [-0.3, -0.25) is 0 Å². The molecule has 1 N–H and O–H groups in total. The quantitative estimate of drug-likeness (QED) is 0.935. The first-order valence-corrected chi connectivity index (χ1v) is 7.21. The summed E-state index contributed by atoms with van der Waals surface area (Å²) in [5.74, 6) is 0.648. The lowest BCUT2D eigenvalue weighted by Gasteiger charge is -2.24. The van der Waals surface area contributed by atoms with Crippen LogP contribution < -0.4 is 15.0 Å². The largest absolute Gasteiger partial charge is 0.491 e. The van der Waals surface area contributed by atoms with Crippen molar-refractivity contribution >= 4 is 11.4 Å². The summed E-state index contributed by atoms with van der Waals surface area (Å²) in [5.41, 5.74) is 2.81. The van der Waals surface area contributed by atoms with E-state index in [0.29, 0.717) is 13.2 Å². The Morgan fingerprint density at radius 2 is 2.10 bits per heavy atom. The number of nitrogens with zero attached hydrogens (tertiary/aromatic N) is 1. The van der Waals surface area contributed by atoms with Gasteiger partial charge in [-0.25, -0.2) is 4.39 Å². The van der Waals surface area contributed by atoms with E-state index in [1.807, 2.05) is 37.4 Å². The Kier molecular flexibility index (Phi) is 4.06. The highest BCUT2D eigenvalue weighted by Gasteiger charge is 2.18. The van der Waals surface area contributed by atoms with Gasteiger partial charge in [-0.1, -0.05) is 12.1 Å². The summed E-state index contributed by atoms with van der Waals surface area (Å²) in [6, 6.07) is 13.1. The van der Waals surface area contributed by atoms with Crippen molar-refractivity contribution in [3.05, 3.63) is 53.8 Å². The summed E-state index contributed by atoms with van der Waals surface area (Å²) >= 11 is 0. The number of halogens is 1. The van der Waals surface area contributed by atoms with Crippen LogP contribution in [0, 0.1) is 5.82 Å². The van der Waals surface area contributed by atoms with E-state index in [-0.39, 0.29) is 5.82 Å². The van der Waals surface area contributed by atoms with Gasteiger partial charge >= 0.3 is 0 Å². The molecule has 0 saturated carbocycles. The Hall–Kier alpha value is -2.07. The highest BCUT2D eigenvalue weighted by atomic mass is 19.1. The normalized spacial score (nSPS) is 14.3. The lowest BCUT2D eigenvalue weighted by Crippen LogP contribution is -2.18. The molecule has 21 heavy (non-hydrogen) atoms. The number of ether oxygens (including phenoxy) is 1. The number of hydrogen-bond acceptors (Lipinski definition) is 3. The zero-order valence-electron chi connectivity index (χ0n) is 12.1. The molecule has 0 radical (unpaired) electrons. The third-order valence-electron chi connectivity index (χ3n) is 3.57. The Bertz CT molecular complexity index is 630. The van der Waals surface area contributed by atoms with E-state index < -0.39 is 0 Å². The van der Waals surface area contributed by atoms with Crippen LogP contribution in [0.5, 0.6) is 5.75 Å². The summed E-state index contributed by atoms with van der Waals surface area (Å²) < 4.78 is 19.7. The Balaban J connectivity index is 2.03. The van der Waals surface area contributed by atoms with E-state index in [4.69, 9.17) is 4.74 Å². The van der Waals surface area contributed by atoms with E-state index in [1.54, 1.807) is 12.1 Å². The zero-order chi connectivity index (χ0) is 14.7. The van der Waals surface area contributed by atoms with Crippen molar-refractivity contribution in [2.24, 2.45) is 0 Å². The third kappa shape index (κ3) is 3.00. The van der Waals surface area contributed by atoms with Gasteiger partial charge in [0.1, 0.15) is 11.6 Å². The number of nitrogens with one attached hydrogen (secondary N) is 1. The van der Waals surface area contributed by atoms with E-state index >= 15 is 0 Å². The lowest BCUT2D eigenvalue weighted by atomic mass is 10.1. The minimum Gasteiger partial charge on any atom is -0.491 e. The van der Waals surface area contributed by atoms with Crippen molar-refractivity contribution in [3.8, 4) is 5.75 Å². The molecule has 3 rings (SSSR count). The fourth-order valence-electron chi connectivity index (χ4n) is 2.69. The van der Waals surface area contributed by atoms with Crippen LogP contribution in [0.4, 0.5) is 15.8 Å². The molecule has 0 atom stereocenters. The fourth-order valence-corrected chi connectivity index (χ4v) is 2.69. The van der Waals surface area contributed by atoms with E-state index in [9.17, 15) is 4.39 Å². The molecule has 0 amide bonds. The predicted molar refractivity (Wildman–Crippen MR) is 82.7 cm³/mol. The van der Waals surface area contributed by atoms with Crippen molar-refractivity contribution in [2.45, 2.75) is 13.0 Å². The monoisotopic (exact) mass is 286 g/mol. The molecule has 0 spiro atoms. The van der Waals surface area contributed by atoms with Crippen LogP contribution in [-0.4, -0.2) is 20.2 Å². The lowest BCUT2D eigenvalue weighted by molar-refractivity contribution is 0.322. The fraction of sp³-hybridized carbons (Fsp3) is 0.294. The molecular weight excluding hydrogens is 267 g/mol. The second kappa shape index (κ2) is 6.14. The number of rotatable bonds is 3. The SMILES string of the molecule is CNCc1cc(F)cc(N2CCCOc3ccccc32)c1. The summed E-state index contributed by atoms with van der Waals surface area (Å²) in [7, 11) is 1.86. The van der Waals surface area contributed by atoms with Crippen LogP contribution in [0.25, 0.3) is 0 Å². The molecule has 0 fully saturated rings. The van der Waals surface area contributed by atoms with Gasteiger partial charge in [-0.05, 0) is 49.4 Å². The van der Waals surface area contributed by atoms with Gasteiger partial charge in [-0.2, -0.15) is 0 Å². The van der Waals surface area contributed by atoms with Crippen LogP contribution in [0.3, 0.4) is 0 Å².